The van der Waals surface area contributed by atoms with E-state index in [0.717, 1.165) is 5.56 Å². The number of Topliss-reactive ketones (excluding diaryl/α,β-unsaturated/α-hetero) is 1. The predicted molar refractivity (Wildman–Crippen MR) is 63.7 cm³/mol. The smallest absolute Gasteiger partial charge is 0.256 e. The van der Waals surface area contributed by atoms with Gasteiger partial charge >= 0.3 is 0 Å². The maximum atomic E-state index is 12.3. The van der Waals surface area contributed by atoms with Gasteiger partial charge < -0.3 is 14.0 Å². The zero-order chi connectivity index (χ0) is 12.9. The SMILES string of the molecule is COC1OCc2c(cc3n(c2=O)CCC3=O)C1C. The molecule has 0 N–H and O–H groups in total. The van der Waals surface area contributed by atoms with E-state index in [-0.39, 0.29) is 30.2 Å². The Morgan fingerprint density at radius 2 is 2.22 bits per heavy atom. The second-order valence-corrected chi connectivity index (χ2v) is 4.80. The van der Waals surface area contributed by atoms with E-state index in [9.17, 15) is 9.59 Å². The molecule has 2 aliphatic rings. The monoisotopic (exact) mass is 249 g/mol. The van der Waals surface area contributed by atoms with Crippen molar-refractivity contribution in [1.29, 1.82) is 0 Å². The lowest BCUT2D eigenvalue weighted by Crippen LogP contribution is -2.35. The van der Waals surface area contributed by atoms with E-state index in [4.69, 9.17) is 9.47 Å². The highest BCUT2D eigenvalue weighted by molar-refractivity contribution is 5.96. The van der Waals surface area contributed by atoms with E-state index < -0.39 is 0 Å². The summed E-state index contributed by atoms with van der Waals surface area (Å²) in [7, 11) is 1.58. The van der Waals surface area contributed by atoms with E-state index in [2.05, 4.69) is 0 Å². The van der Waals surface area contributed by atoms with E-state index in [0.29, 0.717) is 24.2 Å². The number of fused-ring (bicyclic) bond motifs is 2. The quantitative estimate of drug-likeness (QED) is 0.746. The number of nitrogens with zero attached hydrogens (tertiary/aromatic N) is 1. The van der Waals surface area contributed by atoms with Crippen molar-refractivity contribution in [2.75, 3.05) is 7.11 Å². The van der Waals surface area contributed by atoms with Crippen LogP contribution in [0.1, 0.15) is 40.9 Å². The number of rotatable bonds is 1. The van der Waals surface area contributed by atoms with Crippen molar-refractivity contribution >= 4 is 5.78 Å². The molecular formula is C13H15NO4. The largest absolute Gasteiger partial charge is 0.355 e. The molecule has 96 valence electrons. The highest BCUT2D eigenvalue weighted by atomic mass is 16.7. The van der Waals surface area contributed by atoms with E-state index in [1.54, 1.807) is 11.7 Å². The first-order chi connectivity index (χ1) is 8.63. The van der Waals surface area contributed by atoms with Crippen LogP contribution in [0.2, 0.25) is 0 Å². The molecular weight excluding hydrogens is 234 g/mol. The molecule has 0 saturated heterocycles. The lowest BCUT2D eigenvalue weighted by atomic mass is 9.93. The molecule has 1 aromatic heterocycles. The number of pyridine rings is 1. The molecule has 5 heteroatoms. The summed E-state index contributed by atoms with van der Waals surface area (Å²) in [6.45, 7) is 2.69. The summed E-state index contributed by atoms with van der Waals surface area (Å²) in [6.07, 6.45) is 0.0672. The van der Waals surface area contributed by atoms with Crippen molar-refractivity contribution in [3.8, 4) is 0 Å². The number of ether oxygens (including phenoxy) is 2. The van der Waals surface area contributed by atoms with Crippen LogP contribution in [0.25, 0.3) is 0 Å². The van der Waals surface area contributed by atoms with Crippen molar-refractivity contribution in [2.24, 2.45) is 0 Å². The first-order valence-corrected chi connectivity index (χ1v) is 6.07. The molecule has 0 aromatic carbocycles. The van der Waals surface area contributed by atoms with Gasteiger partial charge in [0.05, 0.1) is 12.3 Å². The van der Waals surface area contributed by atoms with Crippen LogP contribution in [0, 0.1) is 0 Å². The van der Waals surface area contributed by atoms with Gasteiger partial charge in [-0.2, -0.15) is 0 Å². The van der Waals surface area contributed by atoms with E-state index >= 15 is 0 Å². The zero-order valence-electron chi connectivity index (χ0n) is 10.4. The van der Waals surface area contributed by atoms with Gasteiger partial charge in [0.1, 0.15) is 0 Å². The normalized spacial score (nSPS) is 26.0. The number of hydrogen-bond acceptors (Lipinski definition) is 4. The minimum Gasteiger partial charge on any atom is -0.355 e. The molecule has 2 unspecified atom stereocenters. The summed E-state index contributed by atoms with van der Waals surface area (Å²) in [6, 6.07) is 1.84. The van der Waals surface area contributed by atoms with Crippen molar-refractivity contribution in [2.45, 2.75) is 38.7 Å². The number of carbonyl (C=O) groups is 1. The zero-order valence-corrected chi connectivity index (χ0v) is 10.4. The summed E-state index contributed by atoms with van der Waals surface area (Å²) < 4.78 is 12.3. The van der Waals surface area contributed by atoms with Crippen LogP contribution in [-0.4, -0.2) is 23.8 Å². The van der Waals surface area contributed by atoms with Crippen LogP contribution in [0.5, 0.6) is 0 Å². The van der Waals surface area contributed by atoms with Crippen molar-refractivity contribution in [3.05, 3.63) is 33.2 Å². The topological polar surface area (TPSA) is 57.5 Å². The number of ketones is 1. The standard InChI is InChI=1S/C13H15NO4/c1-7-8-5-10-11(15)3-4-14(10)12(16)9(8)6-18-13(7)17-2/h5,7,13H,3-4,6H2,1-2H3. The second kappa shape index (κ2) is 4.03. The third kappa shape index (κ3) is 1.47. The number of aromatic nitrogens is 1. The summed E-state index contributed by atoms with van der Waals surface area (Å²) in [5, 5.41) is 0. The van der Waals surface area contributed by atoms with Crippen molar-refractivity contribution in [3.63, 3.8) is 0 Å². The fourth-order valence-corrected chi connectivity index (χ4v) is 2.78. The van der Waals surface area contributed by atoms with E-state index in [1.165, 1.54) is 0 Å². The van der Waals surface area contributed by atoms with Gasteiger partial charge in [-0.15, -0.1) is 0 Å². The van der Waals surface area contributed by atoms with Gasteiger partial charge in [-0.25, -0.2) is 0 Å². The maximum absolute atomic E-state index is 12.3. The molecule has 2 aliphatic heterocycles. The third-order valence-corrected chi connectivity index (χ3v) is 3.81. The predicted octanol–water partition coefficient (Wildman–Crippen LogP) is 1.04. The molecule has 0 amide bonds. The Bertz CT molecular complexity index is 575. The molecule has 0 saturated carbocycles. The van der Waals surface area contributed by atoms with Crippen LogP contribution in [-0.2, 0) is 22.6 Å². The summed E-state index contributed by atoms with van der Waals surface area (Å²) in [5.41, 5.74) is 1.99. The molecule has 0 spiro atoms. The minimum atomic E-state index is -0.351. The molecule has 1 aromatic rings. The minimum absolute atomic E-state index is 0.0363. The summed E-state index contributed by atoms with van der Waals surface area (Å²) in [4.78, 5) is 24.0. The average molecular weight is 249 g/mol. The van der Waals surface area contributed by atoms with Crippen LogP contribution in [0.4, 0.5) is 0 Å². The van der Waals surface area contributed by atoms with Gasteiger partial charge in [-0.1, -0.05) is 6.92 Å². The van der Waals surface area contributed by atoms with Crippen LogP contribution < -0.4 is 5.56 Å². The fourth-order valence-electron chi connectivity index (χ4n) is 2.78. The molecule has 0 bridgehead atoms. The van der Waals surface area contributed by atoms with Gasteiger partial charge in [-0.3, -0.25) is 9.59 Å². The highest BCUT2D eigenvalue weighted by Crippen LogP contribution is 2.31. The van der Waals surface area contributed by atoms with Gasteiger partial charge in [-0.05, 0) is 11.6 Å². The van der Waals surface area contributed by atoms with Gasteiger partial charge in [0.25, 0.3) is 5.56 Å². The lowest BCUT2D eigenvalue weighted by Gasteiger charge is -2.30. The molecule has 0 fully saturated rings. The lowest BCUT2D eigenvalue weighted by molar-refractivity contribution is -0.152. The number of carbonyl (C=O) groups excluding carboxylic acids is 1. The molecule has 2 atom stereocenters. The molecule has 18 heavy (non-hydrogen) atoms. The Kier molecular flexibility index (Phi) is 2.60. The molecule has 0 aliphatic carbocycles. The van der Waals surface area contributed by atoms with Crippen LogP contribution >= 0.6 is 0 Å². The summed E-state index contributed by atoms with van der Waals surface area (Å²) in [5.74, 6) is 0.00769. The number of hydrogen-bond donors (Lipinski definition) is 0. The Morgan fingerprint density at radius 1 is 1.44 bits per heavy atom. The molecule has 3 heterocycles. The summed E-state index contributed by atoms with van der Waals surface area (Å²) >= 11 is 0. The van der Waals surface area contributed by atoms with Gasteiger partial charge in [0.2, 0.25) is 0 Å². The van der Waals surface area contributed by atoms with Gasteiger partial charge in [0, 0.05) is 31.6 Å². The van der Waals surface area contributed by atoms with Crippen LogP contribution in [0.15, 0.2) is 10.9 Å². The highest BCUT2D eigenvalue weighted by Gasteiger charge is 2.32. The molecule has 0 radical (unpaired) electrons. The first kappa shape index (κ1) is 11.6. The van der Waals surface area contributed by atoms with Crippen LogP contribution in [0.3, 0.4) is 0 Å². The second-order valence-electron chi connectivity index (χ2n) is 4.80. The fraction of sp³-hybridized carbons (Fsp3) is 0.538. The third-order valence-electron chi connectivity index (χ3n) is 3.81. The van der Waals surface area contributed by atoms with Crippen molar-refractivity contribution < 1.29 is 14.3 Å². The Balaban J connectivity index is 2.19. The Hall–Kier alpha value is -1.46. The Morgan fingerprint density at radius 3 is 2.94 bits per heavy atom. The molecule has 5 nitrogen and oxygen atoms in total. The molecule has 3 rings (SSSR count). The number of methoxy groups -OCH3 is 1. The first-order valence-electron chi connectivity index (χ1n) is 6.07. The van der Waals surface area contributed by atoms with Crippen molar-refractivity contribution in [1.82, 2.24) is 4.57 Å². The maximum Gasteiger partial charge on any atom is 0.256 e. The van der Waals surface area contributed by atoms with Gasteiger partial charge in [0.15, 0.2) is 12.1 Å². The van der Waals surface area contributed by atoms with E-state index in [1.807, 2.05) is 13.0 Å². The Labute approximate surface area is 104 Å². The average Bonchev–Trinajstić information content (AvgIpc) is 2.73.